The Morgan fingerprint density at radius 1 is 0.867 bits per heavy atom. The Labute approximate surface area is 185 Å². The van der Waals surface area contributed by atoms with Crippen molar-refractivity contribution in [3.8, 4) is 0 Å². The molecule has 3 amide bonds. The van der Waals surface area contributed by atoms with Crippen molar-refractivity contribution in [1.29, 1.82) is 0 Å². The molecule has 0 aromatic carbocycles. The van der Waals surface area contributed by atoms with Crippen LogP contribution in [0.3, 0.4) is 0 Å². The summed E-state index contributed by atoms with van der Waals surface area (Å²) in [4.78, 5) is 48.9. The Morgan fingerprint density at radius 3 is 1.67 bits per heavy atom. The Hall–Kier alpha value is -1.50. The molecule has 4 atom stereocenters. The van der Waals surface area contributed by atoms with Crippen molar-refractivity contribution in [2.45, 2.75) is 50.9 Å². The van der Waals surface area contributed by atoms with Crippen molar-refractivity contribution in [3.05, 3.63) is 0 Å². The molecule has 0 aromatic rings. The second kappa shape index (κ2) is 15.3. The van der Waals surface area contributed by atoms with E-state index in [1.807, 2.05) is 12.5 Å². The molecule has 12 heteroatoms. The van der Waals surface area contributed by atoms with Crippen LogP contribution in [0.15, 0.2) is 0 Å². The van der Waals surface area contributed by atoms with Crippen LogP contribution < -0.4 is 21.7 Å². The lowest BCUT2D eigenvalue weighted by molar-refractivity contribution is -0.143. The number of carbonyl (C=O) groups excluding carboxylic acids is 3. The van der Waals surface area contributed by atoms with Crippen molar-refractivity contribution < 1.29 is 29.4 Å². The van der Waals surface area contributed by atoms with Crippen LogP contribution in [0.25, 0.3) is 0 Å². The second-order valence-electron chi connectivity index (χ2n) is 7.04. The molecular formula is C18H34N4O6S2. The van der Waals surface area contributed by atoms with Crippen LogP contribution in [-0.4, -0.2) is 88.7 Å². The first-order valence-corrected chi connectivity index (χ1v) is 12.4. The molecule has 0 bridgehead atoms. The zero-order valence-electron chi connectivity index (χ0n) is 17.8. The molecule has 0 fully saturated rings. The minimum atomic E-state index is -1.16. The van der Waals surface area contributed by atoms with Gasteiger partial charge < -0.3 is 31.9 Å². The van der Waals surface area contributed by atoms with Crippen LogP contribution >= 0.6 is 23.5 Å². The average molecular weight is 467 g/mol. The van der Waals surface area contributed by atoms with Crippen LogP contribution in [0.4, 0.5) is 0 Å². The number of aliphatic hydroxyl groups excluding tert-OH is 1. The molecular weight excluding hydrogens is 432 g/mol. The van der Waals surface area contributed by atoms with Crippen LogP contribution in [0.1, 0.15) is 26.7 Å². The Morgan fingerprint density at radius 2 is 1.30 bits per heavy atom. The number of amides is 3. The number of thioether (sulfide) groups is 2. The third kappa shape index (κ3) is 10.5. The summed E-state index contributed by atoms with van der Waals surface area (Å²) in [6, 6.07) is -4.13. The predicted octanol–water partition coefficient (Wildman–Crippen LogP) is -0.993. The fourth-order valence-electron chi connectivity index (χ4n) is 2.41. The largest absolute Gasteiger partial charge is 0.480 e. The first kappa shape index (κ1) is 28.5. The van der Waals surface area contributed by atoms with Gasteiger partial charge in [-0.05, 0) is 42.8 Å². The monoisotopic (exact) mass is 466 g/mol. The number of hydrogen-bond acceptors (Lipinski definition) is 8. The molecule has 4 unspecified atom stereocenters. The van der Waals surface area contributed by atoms with Gasteiger partial charge in [0.1, 0.15) is 24.2 Å². The minimum Gasteiger partial charge on any atom is -0.480 e. The van der Waals surface area contributed by atoms with Crippen molar-refractivity contribution in [2.75, 3.05) is 30.6 Å². The van der Waals surface area contributed by atoms with Gasteiger partial charge in [0.25, 0.3) is 0 Å². The second-order valence-corrected chi connectivity index (χ2v) is 9.01. The molecule has 0 saturated carbocycles. The predicted molar refractivity (Wildman–Crippen MR) is 119 cm³/mol. The normalized spacial score (nSPS) is 15.0. The molecule has 0 heterocycles. The first-order valence-electron chi connectivity index (χ1n) is 9.57. The lowest BCUT2D eigenvalue weighted by atomic mass is 10.0. The lowest BCUT2D eigenvalue weighted by Crippen LogP contribution is -2.58. The van der Waals surface area contributed by atoms with Gasteiger partial charge in [0.15, 0.2) is 0 Å². The SMILES string of the molecule is CSCCC(NC(=O)C(N)CO)C(=O)NC(CCSC)C(=O)NC(C(=O)O)C(C)C. The van der Waals surface area contributed by atoms with Gasteiger partial charge >= 0.3 is 5.97 Å². The molecule has 10 nitrogen and oxygen atoms in total. The molecule has 0 aliphatic carbocycles. The number of carboxylic acid groups (broad SMARTS) is 1. The fraction of sp³-hybridized carbons (Fsp3) is 0.778. The molecule has 174 valence electrons. The highest BCUT2D eigenvalue weighted by Gasteiger charge is 2.30. The van der Waals surface area contributed by atoms with E-state index >= 15 is 0 Å². The number of carboxylic acids is 1. The maximum absolute atomic E-state index is 12.8. The molecule has 7 N–H and O–H groups in total. The number of rotatable bonds is 15. The minimum absolute atomic E-state index is 0.294. The summed E-state index contributed by atoms with van der Waals surface area (Å²) in [7, 11) is 0. The van der Waals surface area contributed by atoms with E-state index in [1.54, 1.807) is 13.8 Å². The first-order chi connectivity index (χ1) is 14.1. The molecule has 0 spiro atoms. The standard InChI is InChI=1S/C18H34N4O6S2/c1-10(2)14(18(27)28)22-17(26)13(6-8-30-4)21-16(25)12(5-7-29-3)20-15(24)11(19)9-23/h10-14,23H,5-9,19H2,1-4H3,(H,20,24)(H,21,25)(H,22,26)(H,27,28). The number of nitrogens with two attached hydrogens (primary N) is 1. The Balaban J connectivity index is 5.35. The van der Waals surface area contributed by atoms with Gasteiger partial charge in [-0.15, -0.1) is 0 Å². The number of carbonyl (C=O) groups is 4. The van der Waals surface area contributed by atoms with Crippen molar-refractivity contribution in [3.63, 3.8) is 0 Å². The van der Waals surface area contributed by atoms with Gasteiger partial charge in [-0.25, -0.2) is 4.79 Å². The summed E-state index contributed by atoms with van der Waals surface area (Å²) in [5.74, 6) is -2.19. The average Bonchev–Trinajstić information content (AvgIpc) is 2.70. The molecule has 0 saturated heterocycles. The van der Waals surface area contributed by atoms with Crippen LogP contribution in [-0.2, 0) is 19.2 Å². The van der Waals surface area contributed by atoms with E-state index in [4.69, 9.17) is 10.8 Å². The van der Waals surface area contributed by atoms with E-state index in [2.05, 4.69) is 16.0 Å². The van der Waals surface area contributed by atoms with Crippen LogP contribution in [0.5, 0.6) is 0 Å². The molecule has 30 heavy (non-hydrogen) atoms. The molecule has 0 aromatic heterocycles. The summed E-state index contributed by atoms with van der Waals surface area (Å²) in [5.41, 5.74) is 5.50. The third-order valence-corrected chi connectivity index (χ3v) is 5.54. The van der Waals surface area contributed by atoms with E-state index in [0.29, 0.717) is 24.3 Å². The van der Waals surface area contributed by atoms with E-state index < -0.39 is 54.5 Å². The number of aliphatic carboxylic acids is 1. The molecule has 0 aliphatic rings. The number of hydrogen-bond donors (Lipinski definition) is 6. The van der Waals surface area contributed by atoms with E-state index in [1.165, 1.54) is 23.5 Å². The van der Waals surface area contributed by atoms with E-state index in [9.17, 15) is 24.3 Å². The summed E-state index contributed by atoms with van der Waals surface area (Å²) in [6.07, 6.45) is 4.30. The Kier molecular flexibility index (Phi) is 14.6. The van der Waals surface area contributed by atoms with Gasteiger partial charge in [0, 0.05) is 0 Å². The summed E-state index contributed by atoms with van der Waals surface area (Å²) >= 11 is 2.96. The highest BCUT2D eigenvalue weighted by molar-refractivity contribution is 7.98. The molecule has 0 radical (unpaired) electrons. The van der Waals surface area contributed by atoms with Crippen molar-refractivity contribution in [2.24, 2.45) is 11.7 Å². The topological polar surface area (TPSA) is 171 Å². The quantitative estimate of drug-likeness (QED) is 0.177. The van der Waals surface area contributed by atoms with Gasteiger partial charge in [0.2, 0.25) is 17.7 Å². The fourth-order valence-corrected chi connectivity index (χ4v) is 3.35. The maximum atomic E-state index is 12.8. The number of nitrogens with one attached hydrogen (secondary N) is 3. The highest BCUT2D eigenvalue weighted by atomic mass is 32.2. The summed E-state index contributed by atoms with van der Waals surface area (Å²) in [6.45, 7) is 2.78. The summed E-state index contributed by atoms with van der Waals surface area (Å²) < 4.78 is 0. The van der Waals surface area contributed by atoms with Crippen LogP contribution in [0.2, 0.25) is 0 Å². The third-order valence-electron chi connectivity index (χ3n) is 4.25. The highest BCUT2D eigenvalue weighted by Crippen LogP contribution is 2.07. The molecule has 0 aliphatic heterocycles. The van der Waals surface area contributed by atoms with Gasteiger partial charge in [-0.3, -0.25) is 14.4 Å². The molecule has 0 rings (SSSR count). The van der Waals surface area contributed by atoms with Crippen molar-refractivity contribution in [1.82, 2.24) is 16.0 Å². The zero-order valence-corrected chi connectivity index (χ0v) is 19.5. The lowest BCUT2D eigenvalue weighted by Gasteiger charge is -2.25. The van der Waals surface area contributed by atoms with Gasteiger partial charge in [-0.2, -0.15) is 23.5 Å². The van der Waals surface area contributed by atoms with Gasteiger partial charge in [-0.1, -0.05) is 13.8 Å². The van der Waals surface area contributed by atoms with E-state index in [0.717, 1.165) is 0 Å². The summed E-state index contributed by atoms with van der Waals surface area (Å²) in [5, 5.41) is 25.9. The smallest absolute Gasteiger partial charge is 0.326 e. The Bertz CT molecular complexity index is 579. The maximum Gasteiger partial charge on any atom is 0.326 e. The van der Waals surface area contributed by atoms with E-state index in [-0.39, 0.29) is 5.92 Å². The van der Waals surface area contributed by atoms with Crippen molar-refractivity contribution >= 4 is 47.2 Å². The zero-order chi connectivity index (χ0) is 23.3. The van der Waals surface area contributed by atoms with Crippen LogP contribution in [0, 0.1) is 5.92 Å². The van der Waals surface area contributed by atoms with Gasteiger partial charge in [0.05, 0.1) is 6.61 Å². The number of aliphatic hydroxyl groups is 1.